The Morgan fingerprint density at radius 1 is 1.11 bits per heavy atom. The summed E-state index contributed by atoms with van der Waals surface area (Å²) in [6.45, 7) is 0.381. The molecule has 0 bridgehead atoms. The van der Waals surface area contributed by atoms with Crippen LogP contribution in [0.15, 0.2) is 30.3 Å². The molecule has 1 aliphatic carbocycles. The van der Waals surface area contributed by atoms with Gasteiger partial charge in [0.2, 0.25) is 0 Å². The highest BCUT2D eigenvalue weighted by molar-refractivity contribution is 7.90. The summed E-state index contributed by atoms with van der Waals surface area (Å²) in [6.07, 6.45) is 6.56. The SMILES string of the molecule is NC(CC1CCCCC1)C(O)C1CC(CS(=O)(=O)Cc2ccccc2)CO1. The minimum Gasteiger partial charge on any atom is -0.389 e. The van der Waals surface area contributed by atoms with Gasteiger partial charge in [-0.1, -0.05) is 62.4 Å². The smallest absolute Gasteiger partial charge is 0.154 e. The van der Waals surface area contributed by atoms with Crippen LogP contribution in [0.2, 0.25) is 0 Å². The van der Waals surface area contributed by atoms with Gasteiger partial charge >= 0.3 is 0 Å². The maximum atomic E-state index is 12.5. The van der Waals surface area contributed by atoms with Gasteiger partial charge in [0.15, 0.2) is 9.84 Å². The van der Waals surface area contributed by atoms with Crippen LogP contribution in [0.3, 0.4) is 0 Å². The normalized spacial score (nSPS) is 26.7. The Hall–Kier alpha value is -0.950. The zero-order chi connectivity index (χ0) is 19.3. The minimum absolute atomic E-state index is 0.0543. The molecular formula is C21H33NO4S. The zero-order valence-corrected chi connectivity index (χ0v) is 16.8. The largest absolute Gasteiger partial charge is 0.389 e. The van der Waals surface area contributed by atoms with Gasteiger partial charge in [-0.3, -0.25) is 0 Å². The molecule has 0 spiro atoms. The highest BCUT2D eigenvalue weighted by atomic mass is 32.2. The molecule has 3 rings (SSSR count). The first kappa shape index (κ1) is 20.8. The van der Waals surface area contributed by atoms with Crippen LogP contribution in [0.1, 0.15) is 50.5 Å². The Bertz CT molecular complexity index is 673. The second-order valence-electron chi connectivity index (χ2n) is 8.41. The summed E-state index contributed by atoms with van der Waals surface area (Å²) in [5.74, 6) is 0.689. The lowest BCUT2D eigenvalue weighted by Crippen LogP contribution is -2.44. The predicted octanol–water partition coefficient (Wildman–Crippen LogP) is 2.67. The average molecular weight is 396 g/mol. The molecule has 0 aromatic heterocycles. The molecule has 6 heteroatoms. The van der Waals surface area contributed by atoms with Gasteiger partial charge in [0, 0.05) is 6.04 Å². The first-order chi connectivity index (χ1) is 12.9. The zero-order valence-electron chi connectivity index (χ0n) is 16.0. The highest BCUT2D eigenvalue weighted by Gasteiger charge is 2.36. The molecule has 4 atom stereocenters. The summed E-state index contributed by atoms with van der Waals surface area (Å²) in [6, 6.07) is 8.95. The van der Waals surface area contributed by atoms with Gasteiger partial charge in [-0.25, -0.2) is 8.42 Å². The number of ether oxygens (including phenoxy) is 1. The molecule has 1 aliphatic heterocycles. The van der Waals surface area contributed by atoms with Gasteiger partial charge in [0.25, 0.3) is 0 Å². The Labute approximate surface area is 163 Å². The van der Waals surface area contributed by atoms with E-state index in [1.54, 1.807) is 0 Å². The molecule has 3 N–H and O–H groups in total. The first-order valence-electron chi connectivity index (χ1n) is 10.2. The van der Waals surface area contributed by atoms with Gasteiger partial charge in [0.1, 0.15) is 0 Å². The van der Waals surface area contributed by atoms with E-state index >= 15 is 0 Å². The molecular weight excluding hydrogens is 362 g/mol. The fourth-order valence-corrected chi connectivity index (χ4v) is 6.32. The molecule has 27 heavy (non-hydrogen) atoms. The molecule has 0 radical (unpaired) electrons. The first-order valence-corrected chi connectivity index (χ1v) is 12.0. The van der Waals surface area contributed by atoms with Crippen LogP contribution in [0.4, 0.5) is 0 Å². The number of benzene rings is 1. The maximum absolute atomic E-state index is 12.5. The van der Waals surface area contributed by atoms with Gasteiger partial charge in [-0.05, 0) is 30.2 Å². The number of nitrogens with two attached hydrogens (primary N) is 1. The summed E-state index contributed by atoms with van der Waals surface area (Å²) in [4.78, 5) is 0. The fourth-order valence-electron chi connectivity index (χ4n) is 4.55. The minimum atomic E-state index is -3.20. The number of aliphatic hydroxyl groups excluding tert-OH is 1. The summed E-state index contributed by atoms with van der Waals surface area (Å²) in [5, 5.41) is 10.6. The Morgan fingerprint density at radius 2 is 1.81 bits per heavy atom. The van der Waals surface area contributed by atoms with E-state index in [1.807, 2.05) is 30.3 Å². The summed E-state index contributed by atoms with van der Waals surface area (Å²) >= 11 is 0. The predicted molar refractivity (Wildman–Crippen MR) is 107 cm³/mol. The van der Waals surface area contributed by atoms with Gasteiger partial charge < -0.3 is 15.6 Å². The third-order valence-electron chi connectivity index (χ3n) is 5.98. The summed E-state index contributed by atoms with van der Waals surface area (Å²) < 4.78 is 30.7. The van der Waals surface area contributed by atoms with Gasteiger partial charge in [0.05, 0.1) is 30.3 Å². The van der Waals surface area contributed by atoms with E-state index in [2.05, 4.69) is 0 Å². The van der Waals surface area contributed by atoms with E-state index < -0.39 is 15.9 Å². The number of aliphatic hydroxyl groups is 1. The molecule has 1 aromatic rings. The van der Waals surface area contributed by atoms with Crippen LogP contribution < -0.4 is 5.73 Å². The molecule has 1 aromatic carbocycles. The summed E-state index contributed by atoms with van der Waals surface area (Å²) in [5.41, 5.74) is 7.06. The summed E-state index contributed by atoms with van der Waals surface area (Å²) in [7, 11) is -3.20. The van der Waals surface area contributed by atoms with Crippen molar-refractivity contribution in [2.24, 2.45) is 17.6 Å². The van der Waals surface area contributed by atoms with E-state index in [4.69, 9.17) is 10.5 Å². The maximum Gasteiger partial charge on any atom is 0.154 e. The quantitative estimate of drug-likeness (QED) is 0.706. The molecule has 2 aliphatic rings. The molecule has 1 saturated heterocycles. The van der Waals surface area contributed by atoms with E-state index in [0.717, 1.165) is 12.0 Å². The lowest BCUT2D eigenvalue weighted by molar-refractivity contribution is -0.0187. The number of sulfone groups is 1. The highest BCUT2D eigenvalue weighted by Crippen LogP contribution is 2.30. The van der Waals surface area contributed by atoms with E-state index in [1.165, 1.54) is 32.1 Å². The van der Waals surface area contributed by atoms with Crippen molar-refractivity contribution in [3.8, 4) is 0 Å². The van der Waals surface area contributed by atoms with Crippen molar-refractivity contribution in [2.75, 3.05) is 12.4 Å². The monoisotopic (exact) mass is 395 g/mol. The molecule has 2 fully saturated rings. The number of hydrogen-bond acceptors (Lipinski definition) is 5. The third-order valence-corrected chi connectivity index (χ3v) is 7.73. The second-order valence-corrected chi connectivity index (χ2v) is 10.5. The van der Waals surface area contributed by atoms with Crippen molar-refractivity contribution >= 4 is 9.84 Å². The van der Waals surface area contributed by atoms with Gasteiger partial charge in [-0.15, -0.1) is 0 Å². The van der Waals surface area contributed by atoms with E-state index in [0.29, 0.717) is 18.9 Å². The van der Waals surface area contributed by atoms with Crippen LogP contribution in [-0.2, 0) is 20.3 Å². The fraction of sp³-hybridized carbons (Fsp3) is 0.714. The van der Waals surface area contributed by atoms with Crippen LogP contribution >= 0.6 is 0 Å². The van der Waals surface area contributed by atoms with Crippen LogP contribution in [0.5, 0.6) is 0 Å². The molecule has 152 valence electrons. The lowest BCUT2D eigenvalue weighted by atomic mass is 9.83. The molecule has 1 saturated carbocycles. The average Bonchev–Trinajstić information content (AvgIpc) is 3.10. The lowest BCUT2D eigenvalue weighted by Gasteiger charge is -2.29. The van der Waals surface area contributed by atoms with Crippen molar-refractivity contribution in [3.05, 3.63) is 35.9 Å². The topological polar surface area (TPSA) is 89.6 Å². The standard InChI is InChI=1S/C21H33NO4S/c22-19(11-16-7-3-1-4-8-16)21(23)20-12-18(13-26-20)15-27(24,25)14-17-9-5-2-6-10-17/h2,5-6,9-10,16,18-21,23H,1,3-4,7-8,11-15,22H2. The second kappa shape index (κ2) is 9.50. The van der Waals surface area contributed by atoms with Crippen molar-refractivity contribution in [1.82, 2.24) is 0 Å². The van der Waals surface area contributed by atoms with Crippen molar-refractivity contribution < 1.29 is 18.3 Å². The Balaban J connectivity index is 1.47. The molecule has 1 heterocycles. The van der Waals surface area contributed by atoms with Crippen molar-refractivity contribution in [3.63, 3.8) is 0 Å². The van der Waals surface area contributed by atoms with Crippen LogP contribution in [-0.4, -0.2) is 44.1 Å². The Morgan fingerprint density at radius 3 is 2.52 bits per heavy atom. The number of rotatable bonds is 8. The molecule has 4 unspecified atom stereocenters. The molecule has 0 amide bonds. The van der Waals surface area contributed by atoms with E-state index in [-0.39, 0.29) is 29.6 Å². The number of hydrogen-bond donors (Lipinski definition) is 2. The molecule has 5 nitrogen and oxygen atoms in total. The van der Waals surface area contributed by atoms with Crippen molar-refractivity contribution in [2.45, 2.75) is 68.9 Å². The van der Waals surface area contributed by atoms with E-state index in [9.17, 15) is 13.5 Å². The Kier molecular flexibility index (Phi) is 7.31. The van der Waals surface area contributed by atoms with Gasteiger partial charge in [-0.2, -0.15) is 0 Å². The van der Waals surface area contributed by atoms with Crippen LogP contribution in [0, 0.1) is 11.8 Å². The third kappa shape index (κ3) is 6.28. The van der Waals surface area contributed by atoms with Crippen LogP contribution in [0.25, 0.3) is 0 Å². The van der Waals surface area contributed by atoms with Crippen molar-refractivity contribution in [1.29, 1.82) is 0 Å².